The molecule has 0 unspecified atom stereocenters. The zero-order valence-electron chi connectivity index (χ0n) is 9.14. The molecule has 1 N–H and O–H groups in total. The van der Waals surface area contributed by atoms with Gasteiger partial charge < -0.3 is 5.11 Å². The van der Waals surface area contributed by atoms with Crippen molar-refractivity contribution in [1.29, 1.82) is 0 Å². The van der Waals surface area contributed by atoms with Gasteiger partial charge in [-0.1, -0.05) is 12.1 Å². The lowest BCUT2D eigenvalue weighted by Crippen LogP contribution is -2.01. The molecule has 0 aliphatic carbocycles. The van der Waals surface area contributed by atoms with Gasteiger partial charge in [0.1, 0.15) is 0 Å². The molecule has 17 heavy (non-hydrogen) atoms. The number of carbonyl (C=O) groups excluding carboxylic acids is 1. The molecule has 2 aromatic rings. The highest BCUT2D eigenvalue weighted by Gasteiger charge is 2.11. The summed E-state index contributed by atoms with van der Waals surface area (Å²) in [6.45, 7) is 1.94. The maximum Gasteiger partial charge on any atom is 0.335 e. The van der Waals surface area contributed by atoms with Gasteiger partial charge in [0.25, 0.3) is 0 Å². The first kappa shape index (κ1) is 11.5. The summed E-state index contributed by atoms with van der Waals surface area (Å²) in [4.78, 5) is 24.4. The van der Waals surface area contributed by atoms with Crippen molar-refractivity contribution in [3.63, 3.8) is 0 Å². The predicted octanol–water partition coefficient (Wildman–Crippen LogP) is 2.99. The second kappa shape index (κ2) is 4.51. The molecule has 0 aliphatic rings. The van der Waals surface area contributed by atoms with Crippen molar-refractivity contribution in [2.24, 2.45) is 0 Å². The smallest absolute Gasteiger partial charge is 0.335 e. The average Bonchev–Trinajstić information content (AvgIpc) is 2.75. The van der Waals surface area contributed by atoms with Gasteiger partial charge in [0, 0.05) is 10.4 Å². The van der Waals surface area contributed by atoms with Gasteiger partial charge in [0.05, 0.1) is 10.4 Å². The molecule has 0 fully saturated rings. The molecule has 0 amide bonds. The van der Waals surface area contributed by atoms with E-state index in [9.17, 15) is 9.59 Å². The molecule has 1 heterocycles. The Bertz CT molecular complexity index is 567. The Balaban J connectivity index is 2.29. The van der Waals surface area contributed by atoms with Crippen LogP contribution in [-0.4, -0.2) is 16.9 Å². The van der Waals surface area contributed by atoms with Gasteiger partial charge in [-0.15, -0.1) is 11.3 Å². The summed E-state index contributed by atoms with van der Waals surface area (Å²) in [5.74, 6) is -1.06. The summed E-state index contributed by atoms with van der Waals surface area (Å²) >= 11 is 1.44. The molecule has 0 atom stereocenters. The lowest BCUT2D eigenvalue weighted by Gasteiger charge is -1.99. The monoisotopic (exact) mass is 246 g/mol. The standard InChI is InChI=1S/C13H10O3S/c1-8-2-7-11(17-8)12(14)9-3-5-10(6-4-9)13(15)16/h2-7H,1H3,(H,15,16). The molecule has 2 rings (SSSR count). The number of carboxylic acid groups (broad SMARTS) is 1. The van der Waals surface area contributed by atoms with Crippen molar-refractivity contribution in [1.82, 2.24) is 0 Å². The van der Waals surface area contributed by atoms with E-state index in [-0.39, 0.29) is 11.3 Å². The number of carbonyl (C=O) groups is 2. The lowest BCUT2D eigenvalue weighted by atomic mass is 10.1. The third-order valence-electron chi connectivity index (χ3n) is 2.36. The number of ketones is 1. The normalized spacial score (nSPS) is 10.2. The van der Waals surface area contributed by atoms with Crippen LogP contribution < -0.4 is 0 Å². The molecule has 0 bridgehead atoms. The number of thiophene rings is 1. The quantitative estimate of drug-likeness (QED) is 0.847. The highest BCUT2D eigenvalue weighted by molar-refractivity contribution is 7.14. The van der Waals surface area contributed by atoms with E-state index in [1.165, 1.54) is 23.5 Å². The van der Waals surface area contributed by atoms with Crippen molar-refractivity contribution >= 4 is 23.1 Å². The summed E-state index contributed by atoms with van der Waals surface area (Å²) in [7, 11) is 0. The molecule has 86 valence electrons. The minimum Gasteiger partial charge on any atom is -0.478 e. The molecular weight excluding hydrogens is 236 g/mol. The molecule has 1 aromatic carbocycles. The first-order chi connectivity index (χ1) is 8.08. The van der Waals surface area contributed by atoms with Crippen LogP contribution in [0, 0.1) is 6.92 Å². The fourth-order valence-electron chi connectivity index (χ4n) is 1.46. The van der Waals surface area contributed by atoms with E-state index >= 15 is 0 Å². The first-order valence-corrected chi connectivity index (χ1v) is 5.84. The summed E-state index contributed by atoms with van der Waals surface area (Å²) < 4.78 is 0. The SMILES string of the molecule is Cc1ccc(C(=O)c2ccc(C(=O)O)cc2)s1. The molecular formula is C13H10O3S. The van der Waals surface area contributed by atoms with Crippen molar-refractivity contribution in [2.75, 3.05) is 0 Å². The highest BCUT2D eigenvalue weighted by atomic mass is 32.1. The van der Waals surface area contributed by atoms with Crippen LogP contribution in [-0.2, 0) is 0 Å². The second-order valence-electron chi connectivity index (χ2n) is 3.62. The van der Waals surface area contributed by atoms with Gasteiger partial charge in [-0.05, 0) is 31.2 Å². The molecule has 0 saturated carbocycles. The molecule has 0 spiro atoms. The zero-order valence-corrected chi connectivity index (χ0v) is 9.95. The van der Waals surface area contributed by atoms with E-state index in [1.54, 1.807) is 18.2 Å². The maximum absolute atomic E-state index is 12.0. The zero-order chi connectivity index (χ0) is 12.4. The Labute approximate surface area is 102 Å². The van der Waals surface area contributed by atoms with Crippen molar-refractivity contribution in [2.45, 2.75) is 6.92 Å². The van der Waals surface area contributed by atoms with Crippen LogP contribution in [0.1, 0.15) is 30.5 Å². The first-order valence-electron chi connectivity index (χ1n) is 5.02. The number of aryl methyl sites for hydroxylation is 1. The number of rotatable bonds is 3. The van der Waals surface area contributed by atoms with E-state index in [1.807, 2.05) is 13.0 Å². The fraction of sp³-hybridized carbons (Fsp3) is 0.0769. The van der Waals surface area contributed by atoms with Crippen LogP contribution in [0.15, 0.2) is 36.4 Å². The van der Waals surface area contributed by atoms with E-state index in [0.29, 0.717) is 10.4 Å². The molecule has 0 radical (unpaired) electrons. The topological polar surface area (TPSA) is 54.4 Å². The van der Waals surface area contributed by atoms with Gasteiger partial charge in [-0.3, -0.25) is 4.79 Å². The third-order valence-corrected chi connectivity index (χ3v) is 3.36. The summed E-state index contributed by atoms with van der Waals surface area (Å²) in [5.41, 5.74) is 0.695. The third kappa shape index (κ3) is 2.42. The van der Waals surface area contributed by atoms with Crippen LogP contribution in [0.3, 0.4) is 0 Å². The van der Waals surface area contributed by atoms with Crippen molar-refractivity contribution in [3.05, 3.63) is 57.3 Å². The predicted molar refractivity (Wildman–Crippen MR) is 65.9 cm³/mol. The fourth-order valence-corrected chi connectivity index (χ4v) is 2.29. The minimum atomic E-state index is -0.990. The van der Waals surface area contributed by atoms with Crippen LogP contribution in [0.4, 0.5) is 0 Å². The average molecular weight is 246 g/mol. The number of hydrogen-bond donors (Lipinski definition) is 1. The van der Waals surface area contributed by atoms with Crippen LogP contribution >= 0.6 is 11.3 Å². The Morgan fingerprint density at radius 1 is 1.00 bits per heavy atom. The van der Waals surface area contributed by atoms with E-state index in [4.69, 9.17) is 5.11 Å². The van der Waals surface area contributed by atoms with Gasteiger partial charge in [0.2, 0.25) is 5.78 Å². The molecule has 1 aromatic heterocycles. The molecule has 0 saturated heterocycles. The Hall–Kier alpha value is -1.94. The van der Waals surface area contributed by atoms with Crippen molar-refractivity contribution < 1.29 is 14.7 Å². The molecule has 3 nitrogen and oxygen atoms in total. The minimum absolute atomic E-state index is 0.0694. The van der Waals surface area contributed by atoms with Crippen LogP contribution in [0.25, 0.3) is 0 Å². The van der Waals surface area contributed by atoms with E-state index in [2.05, 4.69) is 0 Å². The number of hydrogen-bond acceptors (Lipinski definition) is 3. The Kier molecular flexibility index (Phi) is 3.06. The van der Waals surface area contributed by atoms with Crippen LogP contribution in [0.5, 0.6) is 0 Å². The largest absolute Gasteiger partial charge is 0.478 e. The number of aromatic carboxylic acids is 1. The summed E-state index contributed by atoms with van der Waals surface area (Å²) in [6, 6.07) is 9.64. The maximum atomic E-state index is 12.0. The van der Waals surface area contributed by atoms with Crippen molar-refractivity contribution in [3.8, 4) is 0 Å². The summed E-state index contributed by atoms with van der Waals surface area (Å²) in [6.07, 6.45) is 0. The lowest BCUT2D eigenvalue weighted by molar-refractivity contribution is 0.0696. The highest BCUT2D eigenvalue weighted by Crippen LogP contribution is 2.19. The van der Waals surface area contributed by atoms with Gasteiger partial charge in [-0.25, -0.2) is 4.79 Å². The van der Waals surface area contributed by atoms with Gasteiger partial charge in [-0.2, -0.15) is 0 Å². The Morgan fingerprint density at radius 2 is 1.59 bits per heavy atom. The number of carboxylic acids is 1. The van der Waals surface area contributed by atoms with Gasteiger partial charge in [0.15, 0.2) is 0 Å². The van der Waals surface area contributed by atoms with Gasteiger partial charge >= 0.3 is 5.97 Å². The number of benzene rings is 1. The molecule has 4 heteroatoms. The van der Waals surface area contributed by atoms with E-state index in [0.717, 1.165) is 4.88 Å². The van der Waals surface area contributed by atoms with Crippen LogP contribution in [0.2, 0.25) is 0 Å². The molecule has 0 aliphatic heterocycles. The summed E-state index contributed by atoms with van der Waals surface area (Å²) in [5, 5.41) is 8.75. The van der Waals surface area contributed by atoms with E-state index < -0.39 is 5.97 Å². The Morgan fingerprint density at radius 3 is 2.06 bits per heavy atom. The second-order valence-corrected chi connectivity index (χ2v) is 4.91.